The van der Waals surface area contributed by atoms with Crippen LogP contribution < -0.4 is 15.4 Å². The number of ether oxygens (including phenoxy) is 1. The van der Waals surface area contributed by atoms with Gasteiger partial charge < -0.3 is 25.4 Å². The molecule has 0 unspecified atom stereocenters. The maximum absolute atomic E-state index is 12.4. The van der Waals surface area contributed by atoms with Crippen LogP contribution in [0.2, 0.25) is 5.02 Å². The summed E-state index contributed by atoms with van der Waals surface area (Å²) in [5.74, 6) is 0.772. The number of aliphatic hydroxyl groups excluding tert-OH is 1. The molecule has 0 aliphatic heterocycles. The number of nitrogens with one attached hydrogen (secondary N) is 2. The molecule has 0 aliphatic rings. The summed E-state index contributed by atoms with van der Waals surface area (Å²) in [5, 5.41) is 17.4. The van der Waals surface area contributed by atoms with E-state index >= 15 is 0 Å². The molecule has 8 nitrogen and oxygen atoms in total. The van der Waals surface area contributed by atoms with Crippen molar-refractivity contribution in [1.82, 2.24) is 14.9 Å². The maximum atomic E-state index is 12.4. The summed E-state index contributed by atoms with van der Waals surface area (Å²) >= 11 is 5.99. The number of halogens is 1. The molecule has 3 rings (SSSR count). The molecule has 0 fully saturated rings. The number of anilines is 2. The van der Waals surface area contributed by atoms with Crippen LogP contribution in [0.15, 0.2) is 54.9 Å². The molecule has 174 valence electrons. The summed E-state index contributed by atoms with van der Waals surface area (Å²) in [6.07, 6.45) is 4.71. The average Bonchev–Trinajstić information content (AvgIpc) is 2.78. The van der Waals surface area contributed by atoms with Crippen LogP contribution in [0.25, 0.3) is 10.9 Å². The normalized spacial score (nSPS) is 12.3. The lowest BCUT2D eigenvalue weighted by Crippen LogP contribution is -2.16. The minimum atomic E-state index is -0.404. The number of hydrogen-bond donors (Lipinski definition) is 3. The predicted octanol–water partition coefficient (Wildman–Crippen LogP) is 3.88. The molecule has 1 aromatic heterocycles. The van der Waals surface area contributed by atoms with E-state index < -0.39 is 6.04 Å². The van der Waals surface area contributed by atoms with E-state index in [1.165, 1.54) is 12.4 Å². The molecule has 1 atom stereocenters. The second kappa shape index (κ2) is 11.6. The molecule has 3 N–H and O–H groups in total. The maximum Gasteiger partial charge on any atom is 0.248 e. The SMILES string of the molecule is CCOc1cc2ncnc(N[C@H](CO)c3ccc(Cl)cc3)c2cc1NC(=O)/C=C/CN(C)C. The van der Waals surface area contributed by atoms with Gasteiger partial charge in [0.25, 0.3) is 0 Å². The zero-order valence-corrected chi connectivity index (χ0v) is 19.6. The van der Waals surface area contributed by atoms with E-state index in [1.807, 2.05) is 38.1 Å². The number of aliphatic hydroxyl groups is 1. The third kappa shape index (κ3) is 6.64. The highest BCUT2D eigenvalue weighted by Gasteiger charge is 2.16. The number of likely N-dealkylation sites (N-methyl/N-ethyl adjacent to an activating group) is 1. The Morgan fingerprint density at radius 1 is 1.24 bits per heavy atom. The van der Waals surface area contributed by atoms with Crippen LogP contribution >= 0.6 is 11.6 Å². The Morgan fingerprint density at radius 3 is 2.67 bits per heavy atom. The van der Waals surface area contributed by atoms with Crippen molar-refractivity contribution in [3.8, 4) is 5.75 Å². The minimum Gasteiger partial charge on any atom is -0.492 e. The topological polar surface area (TPSA) is 99.6 Å². The number of hydrogen-bond acceptors (Lipinski definition) is 7. The van der Waals surface area contributed by atoms with Gasteiger partial charge in [0.2, 0.25) is 5.91 Å². The molecular weight excluding hydrogens is 442 g/mol. The Hall–Kier alpha value is -3.20. The standard InChI is InChI=1S/C24H28ClN5O3/c1-4-33-22-13-19-18(12-20(22)28-23(32)6-5-11-30(2)3)24(27-15-26-19)29-21(14-31)16-7-9-17(25)10-8-16/h5-10,12-13,15,21,31H,4,11,14H2,1-3H3,(H,28,32)(H,26,27,29)/b6-5+/t21-/m1/s1. The van der Waals surface area contributed by atoms with Crippen molar-refractivity contribution in [2.75, 3.05) is 44.5 Å². The number of nitrogens with zero attached hydrogens (tertiary/aromatic N) is 3. The van der Waals surface area contributed by atoms with Crippen LogP contribution in [0, 0.1) is 0 Å². The summed E-state index contributed by atoms with van der Waals surface area (Å²) in [6.45, 7) is 2.81. The molecule has 2 aromatic carbocycles. The van der Waals surface area contributed by atoms with Gasteiger partial charge in [0, 0.05) is 29.1 Å². The Kier molecular flexibility index (Phi) is 8.59. The van der Waals surface area contributed by atoms with E-state index in [0.29, 0.717) is 46.3 Å². The summed E-state index contributed by atoms with van der Waals surface area (Å²) in [6, 6.07) is 10.4. The molecule has 1 heterocycles. The highest BCUT2D eigenvalue weighted by molar-refractivity contribution is 6.30. The van der Waals surface area contributed by atoms with Crippen molar-refractivity contribution in [2.45, 2.75) is 13.0 Å². The number of benzene rings is 2. The third-order valence-electron chi connectivity index (χ3n) is 4.80. The molecule has 9 heteroatoms. The molecule has 0 spiro atoms. The molecule has 1 amide bonds. The fourth-order valence-corrected chi connectivity index (χ4v) is 3.34. The van der Waals surface area contributed by atoms with Gasteiger partial charge in [-0.25, -0.2) is 9.97 Å². The first-order valence-corrected chi connectivity index (χ1v) is 11.0. The first kappa shape index (κ1) is 24.4. The van der Waals surface area contributed by atoms with E-state index in [9.17, 15) is 9.90 Å². The van der Waals surface area contributed by atoms with Gasteiger partial charge in [-0.2, -0.15) is 0 Å². The summed E-state index contributed by atoms with van der Waals surface area (Å²) in [7, 11) is 3.86. The van der Waals surface area contributed by atoms with Crippen molar-refractivity contribution in [3.05, 3.63) is 65.5 Å². The number of carbonyl (C=O) groups excluding carboxylic acids is 1. The minimum absolute atomic E-state index is 0.148. The summed E-state index contributed by atoms with van der Waals surface area (Å²) in [4.78, 5) is 23.1. The summed E-state index contributed by atoms with van der Waals surface area (Å²) in [5.41, 5.74) is 2.01. The van der Waals surface area contributed by atoms with Crippen LogP contribution in [-0.2, 0) is 4.79 Å². The quantitative estimate of drug-likeness (QED) is 0.387. The van der Waals surface area contributed by atoms with Crippen molar-refractivity contribution in [3.63, 3.8) is 0 Å². The van der Waals surface area contributed by atoms with Crippen molar-refractivity contribution in [2.24, 2.45) is 0 Å². The number of carbonyl (C=O) groups is 1. The average molecular weight is 470 g/mol. The first-order valence-electron chi connectivity index (χ1n) is 10.6. The fraction of sp³-hybridized carbons (Fsp3) is 0.292. The van der Waals surface area contributed by atoms with Gasteiger partial charge in [-0.15, -0.1) is 0 Å². The van der Waals surface area contributed by atoms with Gasteiger partial charge in [-0.1, -0.05) is 29.8 Å². The Morgan fingerprint density at radius 2 is 2.00 bits per heavy atom. The number of aromatic nitrogens is 2. The predicted molar refractivity (Wildman–Crippen MR) is 132 cm³/mol. The van der Waals surface area contributed by atoms with Gasteiger partial charge in [-0.05, 0) is 44.8 Å². The molecular formula is C24H28ClN5O3. The lowest BCUT2D eigenvalue weighted by Gasteiger charge is -2.19. The van der Waals surface area contributed by atoms with Crippen LogP contribution in [0.5, 0.6) is 5.75 Å². The highest BCUT2D eigenvalue weighted by Crippen LogP contribution is 2.33. The van der Waals surface area contributed by atoms with E-state index in [-0.39, 0.29) is 12.5 Å². The number of rotatable bonds is 10. The Labute approximate surface area is 198 Å². The number of fused-ring (bicyclic) bond motifs is 1. The van der Waals surface area contributed by atoms with Gasteiger partial charge in [0.15, 0.2) is 0 Å². The molecule has 0 saturated carbocycles. The van der Waals surface area contributed by atoms with Gasteiger partial charge in [0.05, 0.1) is 30.5 Å². The van der Waals surface area contributed by atoms with Gasteiger partial charge in [-0.3, -0.25) is 4.79 Å². The zero-order chi connectivity index (χ0) is 23.8. The van der Waals surface area contributed by atoms with Crippen LogP contribution in [0.1, 0.15) is 18.5 Å². The molecule has 33 heavy (non-hydrogen) atoms. The van der Waals surface area contributed by atoms with E-state index in [2.05, 4.69) is 20.6 Å². The monoisotopic (exact) mass is 469 g/mol. The molecule has 0 bridgehead atoms. The molecule has 0 radical (unpaired) electrons. The smallest absolute Gasteiger partial charge is 0.248 e. The lowest BCUT2D eigenvalue weighted by molar-refractivity contribution is -0.111. The van der Waals surface area contributed by atoms with Crippen molar-refractivity contribution < 1.29 is 14.6 Å². The lowest BCUT2D eigenvalue weighted by atomic mass is 10.1. The Bertz CT molecular complexity index is 1120. The second-order valence-electron chi connectivity index (χ2n) is 7.61. The third-order valence-corrected chi connectivity index (χ3v) is 5.05. The molecule has 0 aliphatic carbocycles. The largest absolute Gasteiger partial charge is 0.492 e. The fourth-order valence-electron chi connectivity index (χ4n) is 3.21. The van der Waals surface area contributed by atoms with E-state index in [1.54, 1.807) is 30.3 Å². The molecule has 3 aromatic rings. The highest BCUT2D eigenvalue weighted by atomic mass is 35.5. The van der Waals surface area contributed by atoms with Crippen LogP contribution in [-0.4, -0.2) is 59.7 Å². The van der Waals surface area contributed by atoms with Crippen molar-refractivity contribution in [1.29, 1.82) is 0 Å². The first-order chi connectivity index (χ1) is 15.9. The van der Waals surface area contributed by atoms with Crippen LogP contribution in [0.3, 0.4) is 0 Å². The second-order valence-corrected chi connectivity index (χ2v) is 8.04. The zero-order valence-electron chi connectivity index (χ0n) is 18.9. The van der Waals surface area contributed by atoms with Gasteiger partial charge in [0.1, 0.15) is 17.9 Å². The van der Waals surface area contributed by atoms with Crippen molar-refractivity contribution >= 4 is 39.9 Å². The van der Waals surface area contributed by atoms with Crippen LogP contribution in [0.4, 0.5) is 11.5 Å². The van der Waals surface area contributed by atoms with Gasteiger partial charge >= 0.3 is 0 Å². The van der Waals surface area contributed by atoms with E-state index in [0.717, 1.165) is 5.56 Å². The van der Waals surface area contributed by atoms with E-state index in [4.69, 9.17) is 16.3 Å². The summed E-state index contributed by atoms with van der Waals surface area (Å²) < 4.78 is 5.73. The number of amides is 1. The Balaban J connectivity index is 1.94. The molecule has 0 saturated heterocycles.